The summed E-state index contributed by atoms with van der Waals surface area (Å²) in [6.07, 6.45) is 0.545. The molecule has 1 rings (SSSR count). The first-order valence-corrected chi connectivity index (χ1v) is 5.93. The van der Waals surface area contributed by atoms with Gasteiger partial charge in [0.05, 0.1) is 19.1 Å². The van der Waals surface area contributed by atoms with E-state index in [1.165, 1.54) is 14.2 Å². The maximum Gasteiger partial charge on any atom is 0.446 e. The molecule has 2 N–H and O–H groups in total. The molecule has 0 radical (unpaired) electrons. The van der Waals surface area contributed by atoms with Crippen molar-refractivity contribution in [1.29, 1.82) is 0 Å². The van der Waals surface area contributed by atoms with Gasteiger partial charge in [0.15, 0.2) is 0 Å². The second-order valence-electron chi connectivity index (χ2n) is 3.42. The molecule has 0 aliphatic heterocycles. The molecule has 0 aromatic heterocycles. The zero-order chi connectivity index (χ0) is 13.8. The van der Waals surface area contributed by atoms with Crippen LogP contribution in [0.1, 0.15) is 5.56 Å². The zero-order valence-corrected chi connectivity index (χ0v) is 10.8. The molecule has 0 heterocycles. The average molecular weight is 281 g/mol. The molecular weight excluding hydrogens is 267 g/mol. The van der Waals surface area contributed by atoms with Gasteiger partial charge in [0, 0.05) is 0 Å². The van der Waals surface area contributed by atoms with Crippen molar-refractivity contribution < 1.29 is 22.6 Å². The van der Waals surface area contributed by atoms with E-state index < -0.39 is 5.51 Å². The summed E-state index contributed by atoms with van der Waals surface area (Å²) in [7, 11) is 2.64. The Hall–Kier alpha value is -1.08. The number of benzene rings is 1. The monoisotopic (exact) mass is 281 g/mol. The third-order valence-corrected chi connectivity index (χ3v) is 3.01. The third kappa shape index (κ3) is 3.99. The first-order valence-electron chi connectivity index (χ1n) is 5.12. The summed E-state index contributed by atoms with van der Waals surface area (Å²) < 4.78 is 47.3. The van der Waals surface area contributed by atoms with E-state index in [2.05, 4.69) is 0 Å². The van der Waals surface area contributed by atoms with Crippen molar-refractivity contribution in [2.24, 2.45) is 5.73 Å². The Kier molecular flexibility index (Phi) is 5.15. The Morgan fingerprint density at radius 3 is 2.00 bits per heavy atom. The lowest BCUT2D eigenvalue weighted by atomic mass is 10.1. The summed E-state index contributed by atoms with van der Waals surface area (Å²) >= 11 is -0.251. The molecule has 0 aliphatic carbocycles. The van der Waals surface area contributed by atoms with Crippen molar-refractivity contribution in [2.75, 3.05) is 20.8 Å². The molecule has 18 heavy (non-hydrogen) atoms. The Morgan fingerprint density at radius 2 is 1.67 bits per heavy atom. The number of hydrogen-bond donors (Lipinski definition) is 1. The van der Waals surface area contributed by atoms with Crippen LogP contribution < -0.4 is 15.2 Å². The molecule has 0 aliphatic rings. The van der Waals surface area contributed by atoms with E-state index in [9.17, 15) is 13.2 Å². The lowest BCUT2D eigenvalue weighted by Crippen LogP contribution is -2.05. The second kappa shape index (κ2) is 6.19. The van der Waals surface area contributed by atoms with Gasteiger partial charge in [-0.3, -0.25) is 0 Å². The molecule has 0 amide bonds. The van der Waals surface area contributed by atoms with E-state index in [-0.39, 0.29) is 28.2 Å². The van der Waals surface area contributed by atoms with Crippen LogP contribution in [0.15, 0.2) is 17.0 Å². The first-order chi connectivity index (χ1) is 8.41. The van der Waals surface area contributed by atoms with Gasteiger partial charge >= 0.3 is 5.51 Å². The number of rotatable bonds is 5. The van der Waals surface area contributed by atoms with Crippen LogP contribution in [-0.4, -0.2) is 26.3 Å². The molecular formula is C11H14F3NO2S. The molecule has 0 spiro atoms. The van der Waals surface area contributed by atoms with Gasteiger partial charge in [0.1, 0.15) is 11.5 Å². The van der Waals surface area contributed by atoms with Crippen LogP contribution >= 0.6 is 11.8 Å². The van der Waals surface area contributed by atoms with Gasteiger partial charge in [-0.05, 0) is 42.4 Å². The molecule has 7 heteroatoms. The minimum atomic E-state index is -4.39. The fourth-order valence-corrected chi connectivity index (χ4v) is 2.18. The molecule has 0 saturated carbocycles. The number of hydrogen-bond acceptors (Lipinski definition) is 4. The van der Waals surface area contributed by atoms with Crippen molar-refractivity contribution in [1.82, 2.24) is 0 Å². The summed E-state index contributed by atoms with van der Waals surface area (Å²) in [5.74, 6) is 0.278. The first kappa shape index (κ1) is 15.0. The smallest absolute Gasteiger partial charge is 0.446 e. The van der Waals surface area contributed by atoms with Crippen LogP contribution in [0.25, 0.3) is 0 Å². The van der Waals surface area contributed by atoms with E-state index in [1.807, 2.05) is 0 Å². The number of methoxy groups -OCH3 is 2. The number of halogens is 3. The van der Waals surface area contributed by atoms with Gasteiger partial charge in [-0.2, -0.15) is 13.2 Å². The molecule has 1 aromatic rings. The molecule has 0 saturated heterocycles. The van der Waals surface area contributed by atoms with Crippen LogP contribution in [-0.2, 0) is 6.42 Å². The van der Waals surface area contributed by atoms with Crippen molar-refractivity contribution in [2.45, 2.75) is 16.8 Å². The van der Waals surface area contributed by atoms with Gasteiger partial charge in [-0.25, -0.2) is 0 Å². The maximum absolute atomic E-state index is 12.5. The van der Waals surface area contributed by atoms with Crippen molar-refractivity contribution in [3.8, 4) is 11.5 Å². The fourth-order valence-electron chi connectivity index (χ4n) is 1.46. The number of thioether (sulfide) groups is 1. The molecule has 0 atom stereocenters. The topological polar surface area (TPSA) is 44.5 Å². The van der Waals surface area contributed by atoms with Gasteiger partial charge < -0.3 is 15.2 Å². The SMILES string of the molecule is COc1cc(CCN)cc(OC)c1SC(F)(F)F. The summed E-state index contributed by atoms with van der Waals surface area (Å²) in [4.78, 5) is -0.0757. The van der Waals surface area contributed by atoms with E-state index in [0.717, 1.165) is 5.56 Å². The normalized spacial score (nSPS) is 11.4. The standard InChI is InChI=1S/C11H14F3NO2S/c1-16-8-5-7(3-4-15)6-9(17-2)10(8)18-11(12,13)14/h5-6H,3-4,15H2,1-2H3. The summed E-state index contributed by atoms with van der Waals surface area (Å²) in [6, 6.07) is 3.09. The molecule has 1 aromatic carbocycles. The summed E-state index contributed by atoms with van der Waals surface area (Å²) in [6.45, 7) is 0.401. The minimum absolute atomic E-state index is 0.0757. The Balaban J connectivity index is 3.21. The Morgan fingerprint density at radius 1 is 1.17 bits per heavy atom. The second-order valence-corrected chi connectivity index (χ2v) is 4.49. The van der Waals surface area contributed by atoms with Crippen LogP contribution in [0.4, 0.5) is 13.2 Å². The lowest BCUT2D eigenvalue weighted by Gasteiger charge is -2.15. The molecule has 0 bridgehead atoms. The van der Waals surface area contributed by atoms with Crippen molar-refractivity contribution in [3.05, 3.63) is 17.7 Å². The van der Waals surface area contributed by atoms with Crippen LogP contribution in [0, 0.1) is 0 Å². The van der Waals surface area contributed by atoms with Crippen LogP contribution in [0.5, 0.6) is 11.5 Å². The highest BCUT2D eigenvalue weighted by Crippen LogP contribution is 2.46. The quantitative estimate of drug-likeness (QED) is 0.843. The average Bonchev–Trinajstić information content (AvgIpc) is 2.29. The predicted octanol–water partition coefficient (Wildman–Crippen LogP) is 2.82. The van der Waals surface area contributed by atoms with Gasteiger partial charge in [0.25, 0.3) is 0 Å². The summed E-state index contributed by atoms with van der Waals surface area (Å²) in [5.41, 5.74) is 1.80. The zero-order valence-electron chi connectivity index (χ0n) is 10.0. The summed E-state index contributed by atoms with van der Waals surface area (Å²) in [5, 5.41) is 0. The Bertz CT molecular complexity index is 385. The van der Waals surface area contributed by atoms with Crippen LogP contribution in [0.2, 0.25) is 0 Å². The number of ether oxygens (including phenoxy) is 2. The lowest BCUT2D eigenvalue weighted by molar-refractivity contribution is -0.0329. The van der Waals surface area contributed by atoms with Gasteiger partial charge in [0.2, 0.25) is 0 Å². The van der Waals surface area contributed by atoms with E-state index in [1.54, 1.807) is 12.1 Å². The predicted molar refractivity (Wildman–Crippen MR) is 64.2 cm³/mol. The highest BCUT2D eigenvalue weighted by Gasteiger charge is 2.33. The van der Waals surface area contributed by atoms with Gasteiger partial charge in [-0.1, -0.05) is 0 Å². The van der Waals surface area contributed by atoms with Crippen LogP contribution in [0.3, 0.4) is 0 Å². The fraction of sp³-hybridized carbons (Fsp3) is 0.455. The minimum Gasteiger partial charge on any atom is -0.495 e. The highest BCUT2D eigenvalue weighted by molar-refractivity contribution is 8.00. The van der Waals surface area contributed by atoms with Crippen molar-refractivity contribution in [3.63, 3.8) is 0 Å². The van der Waals surface area contributed by atoms with E-state index in [4.69, 9.17) is 15.2 Å². The molecule has 0 unspecified atom stereocenters. The Labute approximate surface area is 107 Å². The third-order valence-electron chi connectivity index (χ3n) is 2.17. The number of nitrogens with two attached hydrogens (primary N) is 1. The van der Waals surface area contributed by atoms with E-state index >= 15 is 0 Å². The highest BCUT2D eigenvalue weighted by atomic mass is 32.2. The van der Waals surface area contributed by atoms with E-state index in [0.29, 0.717) is 13.0 Å². The maximum atomic E-state index is 12.5. The van der Waals surface area contributed by atoms with Gasteiger partial charge in [-0.15, -0.1) is 0 Å². The number of alkyl halides is 3. The molecule has 3 nitrogen and oxygen atoms in total. The molecule has 0 fully saturated rings. The largest absolute Gasteiger partial charge is 0.495 e. The van der Waals surface area contributed by atoms with Crippen molar-refractivity contribution >= 4 is 11.8 Å². The molecule has 102 valence electrons.